The van der Waals surface area contributed by atoms with Crippen LogP contribution in [0.3, 0.4) is 0 Å². The average Bonchev–Trinajstić information content (AvgIpc) is 2.71. The molecule has 1 N–H and O–H groups in total. The van der Waals surface area contributed by atoms with Crippen LogP contribution >= 0.6 is 0 Å². The summed E-state index contributed by atoms with van der Waals surface area (Å²) in [7, 11) is 1.80. The van der Waals surface area contributed by atoms with Crippen LogP contribution in [0.2, 0.25) is 0 Å². The van der Waals surface area contributed by atoms with Gasteiger partial charge in [-0.3, -0.25) is 0 Å². The van der Waals surface area contributed by atoms with Gasteiger partial charge in [0.25, 0.3) is 0 Å². The number of nitrogens with one attached hydrogen (secondary N) is 1. The van der Waals surface area contributed by atoms with Crippen molar-refractivity contribution in [2.75, 3.05) is 20.3 Å². The molecule has 0 saturated heterocycles. The third kappa shape index (κ3) is 2.54. The predicted molar refractivity (Wildman–Crippen MR) is 62.9 cm³/mol. The van der Waals surface area contributed by atoms with Gasteiger partial charge in [0, 0.05) is 19.8 Å². The van der Waals surface area contributed by atoms with Crippen LogP contribution in [0, 0.1) is 17.8 Å². The molecule has 2 heteroatoms. The van der Waals surface area contributed by atoms with Crippen molar-refractivity contribution in [3.8, 4) is 0 Å². The van der Waals surface area contributed by atoms with Crippen LogP contribution in [-0.2, 0) is 4.74 Å². The third-order valence-corrected chi connectivity index (χ3v) is 4.27. The maximum absolute atomic E-state index is 5.14. The average molecular weight is 211 g/mol. The van der Waals surface area contributed by atoms with Crippen LogP contribution in [0.4, 0.5) is 0 Å². The molecule has 2 saturated carbocycles. The lowest BCUT2D eigenvalue weighted by molar-refractivity contribution is 0.186. The van der Waals surface area contributed by atoms with Gasteiger partial charge in [0.1, 0.15) is 0 Å². The molecule has 2 rings (SSSR count). The van der Waals surface area contributed by atoms with E-state index in [0.717, 1.165) is 36.9 Å². The van der Waals surface area contributed by atoms with Crippen LogP contribution in [0.15, 0.2) is 0 Å². The first-order valence-electron chi connectivity index (χ1n) is 6.60. The zero-order valence-electron chi connectivity index (χ0n) is 10.2. The van der Waals surface area contributed by atoms with E-state index in [1.54, 1.807) is 7.11 Å². The molecule has 0 heterocycles. The molecule has 0 aromatic carbocycles. The maximum Gasteiger partial charge on any atom is 0.0462 e. The van der Waals surface area contributed by atoms with Crippen molar-refractivity contribution in [1.82, 2.24) is 5.32 Å². The Morgan fingerprint density at radius 2 is 2.07 bits per heavy atom. The van der Waals surface area contributed by atoms with Crippen LogP contribution in [0.5, 0.6) is 0 Å². The highest BCUT2D eigenvalue weighted by Gasteiger charge is 2.55. The number of fused-ring (bicyclic) bond motifs is 1. The Balaban J connectivity index is 1.74. The molecule has 0 radical (unpaired) electrons. The predicted octanol–water partition coefficient (Wildman–Crippen LogP) is 2.44. The standard InChI is InChI=1S/C13H25NO/c1-3-14-12(8-5-9-15-2)13-10-6-4-7-11(10)13/h10-14H,3-9H2,1-2H3. The summed E-state index contributed by atoms with van der Waals surface area (Å²) < 4.78 is 5.14. The van der Waals surface area contributed by atoms with E-state index in [2.05, 4.69) is 12.2 Å². The zero-order valence-corrected chi connectivity index (χ0v) is 10.2. The third-order valence-electron chi connectivity index (χ3n) is 4.27. The number of methoxy groups -OCH3 is 1. The van der Waals surface area contributed by atoms with Gasteiger partial charge < -0.3 is 10.1 Å². The van der Waals surface area contributed by atoms with E-state index in [-0.39, 0.29) is 0 Å². The normalized spacial score (nSPS) is 35.2. The number of rotatable bonds is 7. The van der Waals surface area contributed by atoms with Gasteiger partial charge in [0.05, 0.1) is 0 Å². The fraction of sp³-hybridized carbons (Fsp3) is 1.00. The Hall–Kier alpha value is -0.0800. The molecule has 2 aliphatic carbocycles. The molecule has 0 aromatic rings. The van der Waals surface area contributed by atoms with Crippen LogP contribution in [-0.4, -0.2) is 26.3 Å². The second-order valence-corrected chi connectivity index (χ2v) is 5.14. The zero-order chi connectivity index (χ0) is 10.7. The van der Waals surface area contributed by atoms with E-state index in [1.165, 1.54) is 32.1 Å². The molecule has 0 spiro atoms. The van der Waals surface area contributed by atoms with Gasteiger partial charge in [-0.15, -0.1) is 0 Å². The van der Waals surface area contributed by atoms with Crippen molar-refractivity contribution in [1.29, 1.82) is 0 Å². The highest BCUT2D eigenvalue weighted by Crippen LogP contribution is 2.59. The topological polar surface area (TPSA) is 21.3 Å². The SMILES string of the molecule is CCNC(CCCOC)C1C2CCCC21. The minimum Gasteiger partial charge on any atom is -0.385 e. The fourth-order valence-electron chi connectivity index (χ4n) is 3.61. The molecule has 0 amide bonds. The molecule has 0 aliphatic heterocycles. The van der Waals surface area contributed by atoms with E-state index in [4.69, 9.17) is 4.74 Å². The highest BCUT2D eigenvalue weighted by atomic mass is 16.5. The molecular formula is C13H25NO. The van der Waals surface area contributed by atoms with Crippen LogP contribution in [0.25, 0.3) is 0 Å². The first-order chi connectivity index (χ1) is 7.38. The Kier molecular flexibility index (Phi) is 4.04. The molecule has 3 unspecified atom stereocenters. The maximum atomic E-state index is 5.14. The summed E-state index contributed by atoms with van der Waals surface area (Å²) >= 11 is 0. The van der Waals surface area contributed by atoms with E-state index in [1.807, 2.05) is 0 Å². The van der Waals surface area contributed by atoms with Crippen molar-refractivity contribution in [3.63, 3.8) is 0 Å². The Morgan fingerprint density at radius 1 is 1.33 bits per heavy atom. The van der Waals surface area contributed by atoms with E-state index in [0.29, 0.717) is 0 Å². The largest absolute Gasteiger partial charge is 0.385 e. The summed E-state index contributed by atoms with van der Waals surface area (Å²) in [5, 5.41) is 3.68. The quantitative estimate of drug-likeness (QED) is 0.653. The summed E-state index contributed by atoms with van der Waals surface area (Å²) in [6.45, 7) is 4.26. The van der Waals surface area contributed by atoms with E-state index in [9.17, 15) is 0 Å². The second-order valence-electron chi connectivity index (χ2n) is 5.14. The molecule has 88 valence electrons. The minimum atomic E-state index is 0.778. The van der Waals surface area contributed by atoms with Gasteiger partial charge >= 0.3 is 0 Å². The number of hydrogen-bond donors (Lipinski definition) is 1. The van der Waals surface area contributed by atoms with Crippen molar-refractivity contribution in [2.45, 2.75) is 45.1 Å². The lowest BCUT2D eigenvalue weighted by Gasteiger charge is -2.19. The van der Waals surface area contributed by atoms with E-state index >= 15 is 0 Å². The molecule has 0 bridgehead atoms. The summed E-state index contributed by atoms with van der Waals surface area (Å²) in [5.41, 5.74) is 0. The van der Waals surface area contributed by atoms with Crippen molar-refractivity contribution in [2.24, 2.45) is 17.8 Å². The Morgan fingerprint density at radius 3 is 2.67 bits per heavy atom. The second kappa shape index (κ2) is 5.31. The van der Waals surface area contributed by atoms with Gasteiger partial charge in [-0.2, -0.15) is 0 Å². The number of hydrogen-bond acceptors (Lipinski definition) is 2. The summed E-state index contributed by atoms with van der Waals surface area (Å²) in [6.07, 6.45) is 7.01. The number of ether oxygens (including phenoxy) is 1. The van der Waals surface area contributed by atoms with Crippen LogP contribution in [0.1, 0.15) is 39.0 Å². The summed E-state index contributed by atoms with van der Waals surface area (Å²) in [4.78, 5) is 0. The van der Waals surface area contributed by atoms with Crippen LogP contribution < -0.4 is 5.32 Å². The van der Waals surface area contributed by atoms with Gasteiger partial charge in [0.15, 0.2) is 0 Å². The molecule has 2 nitrogen and oxygen atoms in total. The molecule has 15 heavy (non-hydrogen) atoms. The Labute approximate surface area is 93.8 Å². The Bertz CT molecular complexity index is 185. The minimum absolute atomic E-state index is 0.778. The van der Waals surface area contributed by atoms with Gasteiger partial charge in [0.2, 0.25) is 0 Å². The first kappa shape index (κ1) is 11.4. The lowest BCUT2D eigenvalue weighted by atomic mass is 10.00. The molecule has 3 atom stereocenters. The van der Waals surface area contributed by atoms with Crippen molar-refractivity contribution < 1.29 is 4.74 Å². The molecule has 2 aliphatic rings. The van der Waals surface area contributed by atoms with E-state index < -0.39 is 0 Å². The fourth-order valence-corrected chi connectivity index (χ4v) is 3.61. The first-order valence-corrected chi connectivity index (χ1v) is 6.60. The van der Waals surface area contributed by atoms with Gasteiger partial charge in [-0.05, 0) is 50.0 Å². The molecule has 0 aromatic heterocycles. The smallest absolute Gasteiger partial charge is 0.0462 e. The highest BCUT2D eigenvalue weighted by molar-refractivity contribution is 5.06. The van der Waals surface area contributed by atoms with Crippen molar-refractivity contribution >= 4 is 0 Å². The van der Waals surface area contributed by atoms with Gasteiger partial charge in [-0.1, -0.05) is 13.3 Å². The summed E-state index contributed by atoms with van der Waals surface area (Å²) in [6, 6.07) is 0.778. The monoisotopic (exact) mass is 211 g/mol. The van der Waals surface area contributed by atoms with Crippen molar-refractivity contribution in [3.05, 3.63) is 0 Å². The summed E-state index contributed by atoms with van der Waals surface area (Å²) in [5.74, 6) is 3.17. The van der Waals surface area contributed by atoms with Gasteiger partial charge in [-0.25, -0.2) is 0 Å². The molecule has 2 fully saturated rings. The lowest BCUT2D eigenvalue weighted by Crippen LogP contribution is -2.32. The molecular weight excluding hydrogens is 186 g/mol.